The molecule has 0 spiro atoms. The van der Waals surface area contributed by atoms with Crippen molar-refractivity contribution in [3.05, 3.63) is 10.4 Å². The van der Waals surface area contributed by atoms with Crippen molar-refractivity contribution in [2.75, 3.05) is 13.1 Å². The van der Waals surface area contributed by atoms with Crippen molar-refractivity contribution < 1.29 is 4.79 Å². The van der Waals surface area contributed by atoms with Gasteiger partial charge < -0.3 is 5.32 Å². The van der Waals surface area contributed by atoms with E-state index in [2.05, 4.69) is 15.3 Å². The van der Waals surface area contributed by atoms with Crippen molar-refractivity contribution in [3.8, 4) is 0 Å². The molecule has 0 aromatic rings. The highest BCUT2D eigenvalue weighted by Gasteiger charge is 2.39. The van der Waals surface area contributed by atoms with E-state index in [0.29, 0.717) is 6.54 Å². The summed E-state index contributed by atoms with van der Waals surface area (Å²) in [5.74, 6) is 0.0254. The van der Waals surface area contributed by atoms with E-state index in [1.807, 2.05) is 6.92 Å². The van der Waals surface area contributed by atoms with Gasteiger partial charge in [-0.15, -0.1) is 0 Å². The highest BCUT2D eigenvalue weighted by Crippen LogP contribution is 2.30. The van der Waals surface area contributed by atoms with Crippen LogP contribution in [0.3, 0.4) is 0 Å². The molecule has 12 heavy (non-hydrogen) atoms. The van der Waals surface area contributed by atoms with Gasteiger partial charge in [-0.3, -0.25) is 4.79 Å². The van der Waals surface area contributed by atoms with E-state index in [4.69, 9.17) is 5.53 Å². The molecule has 0 aliphatic carbocycles. The van der Waals surface area contributed by atoms with Crippen LogP contribution in [0.25, 0.3) is 10.4 Å². The van der Waals surface area contributed by atoms with Gasteiger partial charge in [-0.2, -0.15) is 0 Å². The number of azide groups is 1. The van der Waals surface area contributed by atoms with Gasteiger partial charge in [-0.1, -0.05) is 12.0 Å². The summed E-state index contributed by atoms with van der Waals surface area (Å²) in [6, 6.07) is 0. The lowest BCUT2D eigenvalue weighted by Crippen LogP contribution is -2.33. The van der Waals surface area contributed by atoms with Gasteiger partial charge in [0.1, 0.15) is 0 Å². The Morgan fingerprint density at radius 2 is 2.58 bits per heavy atom. The van der Waals surface area contributed by atoms with Crippen LogP contribution in [0.2, 0.25) is 0 Å². The molecule has 1 N–H and O–H groups in total. The molecule has 1 saturated heterocycles. The van der Waals surface area contributed by atoms with Gasteiger partial charge in [0.2, 0.25) is 5.91 Å². The van der Waals surface area contributed by atoms with Crippen LogP contribution in [0.1, 0.15) is 19.8 Å². The third kappa shape index (κ3) is 1.36. The van der Waals surface area contributed by atoms with E-state index in [0.717, 1.165) is 12.8 Å². The molecule has 0 bridgehead atoms. The summed E-state index contributed by atoms with van der Waals surface area (Å²) in [4.78, 5) is 14.0. The molecule has 0 radical (unpaired) electrons. The Morgan fingerprint density at radius 1 is 1.83 bits per heavy atom. The molecule has 5 nitrogen and oxygen atoms in total. The lowest BCUT2D eigenvalue weighted by Gasteiger charge is -2.20. The van der Waals surface area contributed by atoms with Gasteiger partial charge in [0.25, 0.3) is 0 Å². The van der Waals surface area contributed by atoms with Gasteiger partial charge in [-0.25, -0.2) is 0 Å². The second kappa shape index (κ2) is 3.45. The fraction of sp³-hybridized carbons (Fsp3) is 0.857. The van der Waals surface area contributed by atoms with Crippen LogP contribution in [0, 0.1) is 5.41 Å². The maximum Gasteiger partial charge on any atom is 0.226 e. The predicted molar refractivity (Wildman–Crippen MR) is 44.4 cm³/mol. The number of rotatable bonds is 3. The average molecular weight is 168 g/mol. The van der Waals surface area contributed by atoms with Crippen molar-refractivity contribution in [2.45, 2.75) is 19.8 Å². The first-order chi connectivity index (χ1) is 5.75. The largest absolute Gasteiger partial charge is 0.356 e. The summed E-state index contributed by atoms with van der Waals surface area (Å²) in [6.45, 7) is 2.93. The fourth-order valence-corrected chi connectivity index (χ4v) is 1.48. The summed E-state index contributed by atoms with van der Waals surface area (Å²) in [5.41, 5.74) is 7.73. The molecule has 1 amide bonds. The number of carbonyl (C=O) groups is 1. The smallest absolute Gasteiger partial charge is 0.226 e. The predicted octanol–water partition coefficient (Wildman–Crippen LogP) is 1.21. The molecule has 1 heterocycles. The second-order valence-corrected chi connectivity index (χ2v) is 3.03. The van der Waals surface area contributed by atoms with Crippen molar-refractivity contribution in [2.24, 2.45) is 10.5 Å². The van der Waals surface area contributed by atoms with E-state index in [1.54, 1.807) is 0 Å². The van der Waals surface area contributed by atoms with E-state index in [9.17, 15) is 4.79 Å². The van der Waals surface area contributed by atoms with E-state index >= 15 is 0 Å². The summed E-state index contributed by atoms with van der Waals surface area (Å²) in [5, 5.41) is 6.21. The van der Waals surface area contributed by atoms with Crippen molar-refractivity contribution >= 4 is 5.91 Å². The van der Waals surface area contributed by atoms with Crippen LogP contribution in [0.15, 0.2) is 5.11 Å². The monoisotopic (exact) mass is 168 g/mol. The Balaban J connectivity index is 2.73. The third-order valence-electron chi connectivity index (χ3n) is 2.48. The molecule has 1 rings (SSSR count). The first-order valence-electron chi connectivity index (χ1n) is 4.04. The Labute approximate surface area is 70.8 Å². The lowest BCUT2D eigenvalue weighted by molar-refractivity contribution is -0.127. The Kier molecular flexibility index (Phi) is 2.55. The van der Waals surface area contributed by atoms with Gasteiger partial charge in [0.15, 0.2) is 0 Å². The maximum atomic E-state index is 11.3. The molecular weight excluding hydrogens is 156 g/mol. The molecule has 0 saturated carbocycles. The van der Waals surface area contributed by atoms with Crippen LogP contribution in [0.5, 0.6) is 0 Å². The summed E-state index contributed by atoms with van der Waals surface area (Å²) in [7, 11) is 0. The van der Waals surface area contributed by atoms with Gasteiger partial charge in [-0.05, 0) is 18.4 Å². The minimum Gasteiger partial charge on any atom is -0.356 e. The van der Waals surface area contributed by atoms with Gasteiger partial charge in [0.05, 0.1) is 5.41 Å². The van der Waals surface area contributed by atoms with Gasteiger partial charge in [0, 0.05) is 18.0 Å². The molecule has 0 aromatic carbocycles. The van der Waals surface area contributed by atoms with E-state index in [-0.39, 0.29) is 12.5 Å². The Bertz CT molecular complexity index is 234. The number of nitrogens with one attached hydrogen (secondary N) is 1. The van der Waals surface area contributed by atoms with Crippen LogP contribution < -0.4 is 5.32 Å². The lowest BCUT2D eigenvalue weighted by atomic mass is 9.84. The third-order valence-corrected chi connectivity index (χ3v) is 2.48. The fourth-order valence-electron chi connectivity index (χ4n) is 1.48. The zero-order chi connectivity index (χ0) is 9.03. The highest BCUT2D eigenvalue weighted by molar-refractivity contribution is 5.84. The normalized spacial score (nSPS) is 27.9. The quantitative estimate of drug-likeness (QED) is 0.383. The first-order valence-corrected chi connectivity index (χ1v) is 4.04. The van der Waals surface area contributed by atoms with E-state index < -0.39 is 5.41 Å². The summed E-state index contributed by atoms with van der Waals surface area (Å²) in [6.07, 6.45) is 1.51. The number of nitrogens with zero attached hydrogens (tertiary/aromatic N) is 3. The SMILES string of the molecule is CCC1(CN=[N+]=[N-])CCNC1=O. The van der Waals surface area contributed by atoms with Crippen LogP contribution in [-0.2, 0) is 4.79 Å². The molecular formula is C7H12N4O. The minimum absolute atomic E-state index is 0.0254. The van der Waals surface area contributed by atoms with Crippen LogP contribution in [-0.4, -0.2) is 19.0 Å². The van der Waals surface area contributed by atoms with Crippen molar-refractivity contribution in [1.82, 2.24) is 5.32 Å². The molecule has 1 aliphatic rings. The minimum atomic E-state index is -0.424. The average Bonchev–Trinajstić information content (AvgIpc) is 2.45. The van der Waals surface area contributed by atoms with E-state index in [1.165, 1.54) is 0 Å². The van der Waals surface area contributed by atoms with Crippen LogP contribution >= 0.6 is 0 Å². The molecule has 1 fully saturated rings. The zero-order valence-electron chi connectivity index (χ0n) is 7.08. The number of carbonyl (C=O) groups excluding carboxylic acids is 1. The topological polar surface area (TPSA) is 77.9 Å². The van der Waals surface area contributed by atoms with Gasteiger partial charge >= 0.3 is 0 Å². The standard InChI is InChI=1S/C7H12N4O/c1-2-7(5-10-11-8)3-4-9-6(7)12/h2-5H2,1H3,(H,9,12). The molecule has 66 valence electrons. The molecule has 1 aliphatic heterocycles. The first kappa shape index (κ1) is 8.87. The molecule has 1 atom stereocenters. The van der Waals surface area contributed by atoms with Crippen molar-refractivity contribution in [3.63, 3.8) is 0 Å². The second-order valence-electron chi connectivity index (χ2n) is 3.03. The zero-order valence-corrected chi connectivity index (χ0v) is 7.08. The van der Waals surface area contributed by atoms with Crippen LogP contribution in [0.4, 0.5) is 0 Å². The Morgan fingerprint density at radius 3 is 3.00 bits per heavy atom. The number of amides is 1. The molecule has 1 unspecified atom stereocenters. The maximum absolute atomic E-state index is 11.3. The van der Waals surface area contributed by atoms with Crippen molar-refractivity contribution in [1.29, 1.82) is 0 Å². The number of hydrogen-bond donors (Lipinski definition) is 1. The number of hydrogen-bond acceptors (Lipinski definition) is 2. The summed E-state index contributed by atoms with van der Waals surface area (Å²) < 4.78 is 0. The highest BCUT2D eigenvalue weighted by atomic mass is 16.2. The summed E-state index contributed by atoms with van der Waals surface area (Å²) >= 11 is 0. The Hall–Kier alpha value is -1.22. The molecule has 5 heteroatoms. The molecule has 0 aromatic heterocycles.